The number of aliphatic hydroxyl groups is 1. The summed E-state index contributed by atoms with van der Waals surface area (Å²) in [5.41, 5.74) is 0.526. The number of hydrogen-bond acceptors (Lipinski definition) is 11. The van der Waals surface area contributed by atoms with E-state index < -0.39 is 23.6 Å². The van der Waals surface area contributed by atoms with Crippen LogP contribution in [-0.4, -0.2) is 55.3 Å². The third-order valence-electron chi connectivity index (χ3n) is 4.93. The van der Waals surface area contributed by atoms with Gasteiger partial charge in [0.25, 0.3) is 5.91 Å². The van der Waals surface area contributed by atoms with Crippen molar-refractivity contribution in [2.75, 3.05) is 17.2 Å². The normalized spacial score (nSPS) is 12.4. The van der Waals surface area contributed by atoms with Crippen LogP contribution >= 0.6 is 11.3 Å². The van der Waals surface area contributed by atoms with Crippen molar-refractivity contribution in [1.29, 1.82) is 0 Å². The third-order valence-corrected chi connectivity index (χ3v) is 5.98. The number of aromatic nitrogens is 4. The largest absolute Gasteiger partial charge is 0.456 e. The van der Waals surface area contributed by atoms with Crippen molar-refractivity contribution in [3.8, 4) is 11.4 Å². The summed E-state index contributed by atoms with van der Waals surface area (Å²) in [6.45, 7) is 8.57. The summed E-state index contributed by atoms with van der Waals surface area (Å²) < 4.78 is 10.4. The molecule has 4 rings (SSSR count). The number of anilines is 2. The molecular formula is C24H26N6O5S. The molecule has 0 saturated heterocycles. The SMILES string of the molecule is Cc1nc(-c2ccc3ccnc(NC[C@@H](O)C(=O)Nc4nc(C)c(C(=O)OC(C)(C)C)s4)c3c2)no1. The molecule has 12 heteroatoms. The van der Waals surface area contributed by atoms with Gasteiger partial charge in [-0.2, -0.15) is 4.98 Å². The summed E-state index contributed by atoms with van der Waals surface area (Å²) in [5.74, 6) is 0.206. The molecule has 0 bridgehead atoms. The predicted molar refractivity (Wildman–Crippen MR) is 135 cm³/mol. The Hall–Kier alpha value is -3.90. The fourth-order valence-corrected chi connectivity index (χ4v) is 4.15. The number of pyridine rings is 1. The van der Waals surface area contributed by atoms with E-state index >= 15 is 0 Å². The van der Waals surface area contributed by atoms with Crippen molar-refractivity contribution in [2.24, 2.45) is 0 Å². The monoisotopic (exact) mass is 510 g/mol. The van der Waals surface area contributed by atoms with Gasteiger partial charge < -0.3 is 19.7 Å². The molecular weight excluding hydrogens is 484 g/mol. The number of carbonyl (C=O) groups excluding carboxylic acids is 2. The Morgan fingerprint density at radius 2 is 1.97 bits per heavy atom. The first-order valence-corrected chi connectivity index (χ1v) is 11.9. The summed E-state index contributed by atoms with van der Waals surface area (Å²) in [6, 6.07) is 7.49. The molecule has 0 unspecified atom stereocenters. The number of thiazole rings is 1. The highest BCUT2D eigenvalue weighted by atomic mass is 32.1. The van der Waals surface area contributed by atoms with Gasteiger partial charge in [0.15, 0.2) is 5.13 Å². The minimum atomic E-state index is -1.40. The predicted octanol–water partition coefficient (Wildman–Crippen LogP) is 3.72. The van der Waals surface area contributed by atoms with E-state index in [2.05, 4.69) is 30.7 Å². The molecule has 0 fully saturated rings. The Balaban J connectivity index is 1.43. The molecule has 1 amide bonds. The third kappa shape index (κ3) is 5.83. The fraction of sp³-hybridized carbons (Fsp3) is 0.333. The molecule has 4 aromatic rings. The van der Waals surface area contributed by atoms with E-state index in [1.54, 1.807) is 40.8 Å². The topological polar surface area (TPSA) is 152 Å². The Morgan fingerprint density at radius 3 is 2.67 bits per heavy atom. The molecule has 0 spiro atoms. The van der Waals surface area contributed by atoms with Crippen molar-refractivity contribution in [1.82, 2.24) is 20.1 Å². The highest BCUT2D eigenvalue weighted by Gasteiger charge is 2.24. The average Bonchev–Trinajstić information content (AvgIpc) is 3.41. The lowest BCUT2D eigenvalue weighted by atomic mass is 10.1. The maximum absolute atomic E-state index is 12.6. The summed E-state index contributed by atoms with van der Waals surface area (Å²) in [7, 11) is 0. The van der Waals surface area contributed by atoms with Gasteiger partial charge in [-0.15, -0.1) is 0 Å². The van der Waals surface area contributed by atoms with E-state index in [-0.39, 0.29) is 11.7 Å². The van der Waals surface area contributed by atoms with Crippen LogP contribution in [-0.2, 0) is 9.53 Å². The maximum Gasteiger partial charge on any atom is 0.350 e. The number of benzene rings is 1. The number of nitrogens with one attached hydrogen (secondary N) is 2. The summed E-state index contributed by atoms with van der Waals surface area (Å²) in [5, 5.41) is 21.8. The summed E-state index contributed by atoms with van der Waals surface area (Å²) >= 11 is 0.991. The zero-order chi connectivity index (χ0) is 26.0. The van der Waals surface area contributed by atoms with Crippen LogP contribution in [0.4, 0.5) is 10.9 Å². The van der Waals surface area contributed by atoms with E-state index in [4.69, 9.17) is 9.26 Å². The van der Waals surface area contributed by atoms with Crippen LogP contribution in [0.1, 0.15) is 42.0 Å². The van der Waals surface area contributed by atoms with Crippen LogP contribution in [0.5, 0.6) is 0 Å². The van der Waals surface area contributed by atoms with Crippen LogP contribution in [0.25, 0.3) is 22.2 Å². The van der Waals surface area contributed by atoms with E-state index in [9.17, 15) is 14.7 Å². The lowest BCUT2D eigenvalue weighted by Gasteiger charge is -2.18. The van der Waals surface area contributed by atoms with E-state index in [0.717, 1.165) is 27.7 Å². The van der Waals surface area contributed by atoms with Gasteiger partial charge in [0.1, 0.15) is 22.4 Å². The number of carbonyl (C=O) groups is 2. The zero-order valence-corrected chi connectivity index (χ0v) is 21.3. The smallest absolute Gasteiger partial charge is 0.350 e. The zero-order valence-electron chi connectivity index (χ0n) is 20.4. The van der Waals surface area contributed by atoms with Crippen LogP contribution in [0.3, 0.4) is 0 Å². The van der Waals surface area contributed by atoms with Gasteiger partial charge >= 0.3 is 5.97 Å². The number of aliphatic hydroxyl groups excluding tert-OH is 1. The van der Waals surface area contributed by atoms with E-state index in [1.807, 2.05) is 24.3 Å². The quantitative estimate of drug-likeness (QED) is 0.314. The number of amides is 1. The number of aryl methyl sites for hydroxylation is 2. The van der Waals surface area contributed by atoms with Gasteiger partial charge in [-0.05, 0) is 45.2 Å². The van der Waals surface area contributed by atoms with Gasteiger partial charge in [-0.1, -0.05) is 28.6 Å². The Kier molecular flexibility index (Phi) is 7.00. The van der Waals surface area contributed by atoms with Gasteiger partial charge in [-0.3, -0.25) is 10.1 Å². The molecule has 188 valence electrons. The maximum atomic E-state index is 12.6. The Bertz CT molecular complexity index is 1420. The number of ether oxygens (including phenoxy) is 1. The van der Waals surface area contributed by atoms with Gasteiger partial charge in [0.2, 0.25) is 11.7 Å². The lowest BCUT2D eigenvalue weighted by Crippen LogP contribution is -2.33. The summed E-state index contributed by atoms with van der Waals surface area (Å²) in [4.78, 5) is 38.0. The highest BCUT2D eigenvalue weighted by molar-refractivity contribution is 7.17. The van der Waals surface area contributed by atoms with Crippen molar-refractivity contribution in [3.63, 3.8) is 0 Å². The summed E-state index contributed by atoms with van der Waals surface area (Å²) in [6.07, 6.45) is 0.227. The van der Waals surface area contributed by atoms with Gasteiger partial charge in [-0.25, -0.2) is 14.8 Å². The van der Waals surface area contributed by atoms with Crippen LogP contribution in [0.15, 0.2) is 35.0 Å². The molecule has 0 saturated carbocycles. The molecule has 3 heterocycles. The van der Waals surface area contributed by atoms with Gasteiger partial charge in [0.05, 0.1) is 12.2 Å². The van der Waals surface area contributed by atoms with Crippen LogP contribution in [0, 0.1) is 13.8 Å². The second-order valence-corrected chi connectivity index (χ2v) is 10.1. The molecule has 36 heavy (non-hydrogen) atoms. The second-order valence-electron chi connectivity index (χ2n) is 9.05. The minimum absolute atomic E-state index is 0.104. The molecule has 0 aliphatic carbocycles. The van der Waals surface area contributed by atoms with Crippen molar-refractivity contribution in [3.05, 3.63) is 46.9 Å². The number of esters is 1. The number of fused-ring (bicyclic) bond motifs is 1. The first kappa shape index (κ1) is 25.2. The molecule has 3 N–H and O–H groups in total. The molecule has 1 atom stereocenters. The average molecular weight is 511 g/mol. The van der Waals surface area contributed by atoms with Crippen molar-refractivity contribution in [2.45, 2.75) is 46.3 Å². The van der Waals surface area contributed by atoms with Gasteiger partial charge in [0, 0.05) is 24.1 Å². The molecule has 1 aromatic carbocycles. The van der Waals surface area contributed by atoms with Crippen LogP contribution in [0.2, 0.25) is 0 Å². The molecule has 11 nitrogen and oxygen atoms in total. The fourth-order valence-electron chi connectivity index (χ4n) is 3.30. The number of hydrogen-bond donors (Lipinski definition) is 3. The van der Waals surface area contributed by atoms with E-state index in [0.29, 0.717) is 28.1 Å². The standard InChI is InChI=1S/C24H26N6O5S/c1-12-18(22(33)34-24(3,4)5)36-23(27-12)29-21(32)17(31)11-26-20-16-10-15(19-28-13(2)35-30-19)7-6-14(16)8-9-25-20/h6-10,17,31H,11H2,1-5H3,(H,25,26)(H,27,29,32)/t17-/m1/s1. The Labute approximate surface area is 210 Å². The van der Waals surface area contributed by atoms with Crippen molar-refractivity contribution >= 4 is 44.9 Å². The Morgan fingerprint density at radius 1 is 1.19 bits per heavy atom. The number of nitrogens with zero attached hydrogens (tertiary/aromatic N) is 4. The van der Waals surface area contributed by atoms with Crippen molar-refractivity contribution < 1.29 is 24.0 Å². The molecule has 0 radical (unpaired) electrons. The molecule has 0 aliphatic rings. The highest BCUT2D eigenvalue weighted by Crippen LogP contribution is 2.27. The minimum Gasteiger partial charge on any atom is -0.456 e. The first-order valence-electron chi connectivity index (χ1n) is 11.1. The van der Waals surface area contributed by atoms with E-state index in [1.165, 1.54) is 0 Å². The molecule has 0 aliphatic heterocycles. The second kappa shape index (κ2) is 9.99. The molecule has 3 aromatic heterocycles. The first-order chi connectivity index (χ1) is 17.0. The van der Waals surface area contributed by atoms with Crippen LogP contribution < -0.4 is 10.6 Å². The lowest BCUT2D eigenvalue weighted by molar-refractivity contribution is -0.123. The number of rotatable bonds is 7.